The maximum atomic E-state index is 9.54. The number of nitrogens with two attached hydrogens (primary N) is 1. The van der Waals surface area contributed by atoms with Crippen LogP contribution < -0.4 is 11.1 Å². The van der Waals surface area contributed by atoms with E-state index in [1.54, 1.807) is 18.3 Å². The lowest BCUT2D eigenvalue weighted by Gasteiger charge is -2.09. The number of fused-ring (bicyclic) bond motifs is 1. The highest BCUT2D eigenvalue weighted by atomic mass is 16.5. The highest BCUT2D eigenvalue weighted by Crippen LogP contribution is 2.24. The van der Waals surface area contributed by atoms with Gasteiger partial charge in [-0.15, -0.1) is 0 Å². The number of benzene rings is 1. The lowest BCUT2D eigenvalue weighted by atomic mass is 10.1. The van der Waals surface area contributed by atoms with Gasteiger partial charge in [0, 0.05) is 31.3 Å². The number of hydrogen-bond acceptors (Lipinski definition) is 5. The maximum Gasteiger partial charge on any atom is 0.133 e. The van der Waals surface area contributed by atoms with E-state index in [9.17, 15) is 5.11 Å². The average molecular weight is 261 g/mol. The van der Waals surface area contributed by atoms with E-state index in [1.165, 1.54) is 0 Å². The van der Waals surface area contributed by atoms with Crippen LogP contribution in [-0.4, -0.2) is 36.4 Å². The second kappa shape index (κ2) is 6.92. The molecule has 0 bridgehead atoms. The van der Waals surface area contributed by atoms with Crippen molar-refractivity contribution in [1.29, 1.82) is 0 Å². The van der Waals surface area contributed by atoms with Crippen LogP contribution in [0.3, 0.4) is 0 Å². The minimum Gasteiger partial charge on any atom is -0.508 e. The molecule has 0 atom stereocenters. The van der Waals surface area contributed by atoms with Gasteiger partial charge in [-0.25, -0.2) is 4.98 Å². The SMILES string of the molecule is NCCOCCCNc1nccc2ccc(O)cc12. The summed E-state index contributed by atoms with van der Waals surface area (Å²) < 4.78 is 5.30. The first-order chi connectivity index (χ1) is 9.31. The van der Waals surface area contributed by atoms with Crippen molar-refractivity contribution in [2.45, 2.75) is 6.42 Å². The van der Waals surface area contributed by atoms with Crippen LogP contribution in [-0.2, 0) is 4.74 Å². The molecule has 0 aliphatic heterocycles. The monoisotopic (exact) mass is 261 g/mol. The molecule has 2 rings (SSSR count). The summed E-state index contributed by atoms with van der Waals surface area (Å²) in [5, 5.41) is 14.8. The van der Waals surface area contributed by atoms with Gasteiger partial charge in [-0.2, -0.15) is 0 Å². The zero-order valence-corrected chi connectivity index (χ0v) is 10.8. The van der Waals surface area contributed by atoms with Gasteiger partial charge < -0.3 is 20.9 Å². The highest BCUT2D eigenvalue weighted by molar-refractivity contribution is 5.92. The lowest BCUT2D eigenvalue weighted by molar-refractivity contribution is 0.141. The molecule has 5 heteroatoms. The molecule has 0 amide bonds. The van der Waals surface area contributed by atoms with Gasteiger partial charge in [-0.1, -0.05) is 6.07 Å². The van der Waals surface area contributed by atoms with Gasteiger partial charge in [0.25, 0.3) is 0 Å². The van der Waals surface area contributed by atoms with Crippen LogP contribution in [0.15, 0.2) is 30.5 Å². The zero-order valence-electron chi connectivity index (χ0n) is 10.8. The van der Waals surface area contributed by atoms with E-state index >= 15 is 0 Å². The summed E-state index contributed by atoms with van der Waals surface area (Å²) >= 11 is 0. The quantitative estimate of drug-likeness (QED) is 0.661. The van der Waals surface area contributed by atoms with Crippen molar-refractivity contribution in [3.8, 4) is 5.75 Å². The Bertz CT molecular complexity index is 531. The van der Waals surface area contributed by atoms with Crippen LogP contribution in [0, 0.1) is 0 Å². The smallest absolute Gasteiger partial charge is 0.133 e. The predicted octanol–water partition coefficient (Wildman–Crippen LogP) is 1.72. The number of pyridine rings is 1. The van der Waals surface area contributed by atoms with E-state index in [0.717, 1.165) is 29.6 Å². The molecule has 1 aromatic heterocycles. The normalized spacial score (nSPS) is 10.8. The fraction of sp³-hybridized carbons (Fsp3) is 0.357. The summed E-state index contributed by atoms with van der Waals surface area (Å²) in [5.74, 6) is 1.03. The zero-order chi connectivity index (χ0) is 13.5. The summed E-state index contributed by atoms with van der Waals surface area (Å²) in [4.78, 5) is 4.30. The summed E-state index contributed by atoms with van der Waals surface area (Å²) in [6.45, 7) is 2.60. The topological polar surface area (TPSA) is 80.4 Å². The number of rotatable bonds is 7. The Hall–Kier alpha value is -1.85. The third kappa shape index (κ3) is 3.81. The summed E-state index contributed by atoms with van der Waals surface area (Å²) in [6.07, 6.45) is 2.64. The van der Waals surface area contributed by atoms with E-state index in [0.29, 0.717) is 19.8 Å². The number of nitrogens with one attached hydrogen (secondary N) is 1. The standard InChI is InChI=1S/C14H19N3O2/c15-5-9-19-8-1-6-16-14-13-10-12(18)3-2-11(13)4-7-17-14/h2-4,7,10,18H,1,5-6,8-9,15H2,(H,16,17). The second-order valence-corrected chi connectivity index (χ2v) is 4.25. The molecule has 0 fully saturated rings. The summed E-state index contributed by atoms with van der Waals surface area (Å²) in [5.41, 5.74) is 5.34. The van der Waals surface area contributed by atoms with Crippen molar-refractivity contribution in [1.82, 2.24) is 4.98 Å². The van der Waals surface area contributed by atoms with E-state index in [-0.39, 0.29) is 5.75 Å². The minimum atomic E-state index is 0.245. The van der Waals surface area contributed by atoms with Crippen LogP contribution in [0.1, 0.15) is 6.42 Å². The van der Waals surface area contributed by atoms with Gasteiger partial charge in [-0.05, 0) is 30.0 Å². The van der Waals surface area contributed by atoms with Crippen molar-refractivity contribution in [2.24, 2.45) is 5.73 Å². The minimum absolute atomic E-state index is 0.245. The highest BCUT2D eigenvalue weighted by Gasteiger charge is 2.02. The van der Waals surface area contributed by atoms with E-state index in [4.69, 9.17) is 10.5 Å². The molecule has 19 heavy (non-hydrogen) atoms. The van der Waals surface area contributed by atoms with E-state index < -0.39 is 0 Å². The Kier molecular flexibility index (Phi) is 4.94. The van der Waals surface area contributed by atoms with E-state index in [1.807, 2.05) is 12.1 Å². The second-order valence-electron chi connectivity index (χ2n) is 4.25. The van der Waals surface area contributed by atoms with Crippen molar-refractivity contribution in [3.63, 3.8) is 0 Å². The number of aromatic hydroxyl groups is 1. The summed E-state index contributed by atoms with van der Waals surface area (Å²) in [7, 11) is 0. The van der Waals surface area contributed by atoms with Crippen LogP contribution in [0.4, 0.5) is 5.82 Å². The van der Waals surface area contributed by atoms with E-state index in [2.05, 4.69) is 10.3 Å². The van der Waals surface area contributed by atoms with Crippen LogP contribution in [0.25, 0.3) is 10.8 Å². The number of phenols is 1. The number of aromatic nitrogens is 1. The molecule has 0 saturated carbocycles. The molecule has 0 aliphatic carbocycles. The summed E-state index contributed by atoms with van der Waals surface area (Å²) in [6, 6.07) is 7.19. The van der Waals surface area contributed by atoms with Gasteiger partial charge in [-0.3, -0.25) is 0 Å². The number of anilines is 1. The molecule has 0 spiro atoms. The Labute approximate surface area is 112 Å². The van der Waals surface area contributed by atoms with Gasteiger partial charge in [0.1, 0.15) is 11.6 Å². The molecule has 0 saturated heterocycles. The Morgan fingerprint density at radius 2 is 2.16 bits per heavy atom. The van der Waals surface area contributed by atoms with Crippen molar-refractivity contribution in [3.05, 3.63) is 30.5 Å². The van der Waals surface area contributed by atoms with Gasteiger partial charge in [0.15, 0.2) is 0 Å². The predicted molar refractivity (Wildman–Crippen MR) is 76.4 cm³/mol. The van der Waals surface area contributed by atoms with Crippen LogP contribution in [0.5, 0.6) is 5.75 Å². The first-order valence-electron chi connectivity index (χ1n) is 6.40. The third-order valence-electron chi connectivity index (χ3n) is 2.77. The van der Waals surface area contributed by atoms with Crippen LogP contribution in [0.2, 0.25) is 0 Å². The number of ether oxygens (including phenoxy) is 1. The number of nitrogens with zero attached hydrogens (tertiary/aromatic N) is 1. The molecule has 2 aromatic rings. The molecule has 102 valence electrons. The number of hydrogen-bond donors (Lipinski definition) is 3. The van der Waals surface area contributed by atoms with Crippen molar-refractivity contribution in [2.75, 3.05) is 31.6 Å². The average Bonchev–Trinajstić information content (AvgIpc) is 2.43. The van der Waals surface area contributed by atoms with Crippen molar-refractivity contribution >= 4 is 16.6 Å². The molecule has 4 N–H and O–H groups in total. The van der Waals surface area contributed by atoms with Crippen molar-refractivity contribution < 1.29 is 9.84 Å². The molecule has 1 heterocycles. The van der Waals surface area contributed by atoms with Gasteiger partial charge in [0.2, 0.25) is 0 Å². The Balaban J connectivity index is 1.95. The lowest BCUT2D eigenvalue weighted by Crippen LogP contribution is -2.11. The Morgan fingerprint density at radius 1 is 1.26 bits per heavy atom. The molecule has 0 aliphatic rings. The largest absolute Gasteiger partial charge is 0.508 e. The van der Waals surface area contributed by atoms with Gasteiger partial charge in [0.05, 0.1) is 6.61 Å². The fourth-order valence-corrected chi connectivity index (χ4v) is 1.86. The van der Waals surface area contributed by atoms with Crippen LogP contribution >= 0.6 is 0 Å². The fourth-order valence-electron chi connectivity index (χ4n) is 1.86. The molecule has 5 nitrogen and oxygen atoms in total. The molecule has 0 unspecified atom stereocenters. The third-order valence-corrected chi connectivity index (χ3v) is 2.77. The van der Waals surface area contributed by atoms with Gasteiger partial charge >= 0.3 is 0 Å². The maximum absolute atomic E-state index is 9.54. The first kappa shape index (κ1) is 13.6. The Morgan fingerprint density at radius 3 is 3.00 bits per heavy atom. The molecular formula is C14H19N3O2. The molecule has 0 radical (unpaired) electrons. The molecule has 1 aromatic carbocycles. The first-order valence-corrected chi connectivity index (χ1v) is 6.40. The number of phenolic OH excluding ortho intramolecular Hbond substituents is 1. The molecular weight excluding hydrogens is 242 g/mol.